The molecule has 0 spiro atoms. The summed E-state index contributed by atoms with van der Waals surface area (Å²) in [5.41, 5.74) is 6.52. The molecule has 1 aromatic rings. The van der Waals surface area contributed by atoms with Gasteiger partial charge in [-0.1, -0.05) is 25.1 Å². The lowest BCUT2D eigenvalue weighted by atomic mass is 10.0. The van der Waals surface area contributed by atoms with E-state index in [2.05, 4.69) is 23.5 Å². The van der Waals surface area contributed by atoms with Crippen LogP contribution in [0.3, 0.4) is 0 Å². The van der Waals surface area contributed by atoms with Crippen molar-refractivity contribution in [3.63, 3.8) is 0 Å². The molecule has 0 fully saturated rings. The molecule has 0 radical (unpaired) electrons. The van der Waals surface area contributed by atoms with E-state index in [4.69, 9.17) is 5.73 Å². The van der Waals surface area contributed by atoms with Gasteiger partial charge in [0.15, 0.2) is 0 Å². The zero-order valence-corrected chi connectivity index (χ0v) is 11.6. The minimum Gasteiger partial charge on any atom is -0.434 e. The Morgan fingerprint density at radius 1 is 1.32 bits per heavy atom. The molecule has 2 atom stereocenters. The van der Waals surface area contributed by atoms with E-state index >= 15 is 0 Å². The Kier molecular flexibility index (Phi) is 6.18. The van der Waals surface area contributed by atoms with Gasteiger partial charge in [-0.3, -0.25) is 4.90 Å². The van der Waals surface area contributed by atoms with Gasteiger partial charge in [-0.2, -0.15) is 8.78 Å². The van der Waals surface area contributed by atoms with Gasteiger partial charge in [-0.05, 0) is 26.5 Å². The summed E-state index contributed by atoms with van der Waals surface area (Å²) in [7, 11) is 1.95. The van der Waals surface area contributed by atoms with Crippen LogP contribution in [0.25, 0.3) is 0 Å². The van der Waals surface area contributed by atoms with Gasteiger partial charge >= 0.3 is 6.61 Å². The van der Waals surface area contributed by atoms with Gasteiger partial charge in [0.1, 0.15) is 5.75 Å². The van der Waals surface area contributed by atoms with Crippen LogP contribution in [0.2, 0.25) is 0 Å². The van der Waals surface area contributed by atoms with E-state index in [0.29, 0.717) is 18.2 Å². The zero-order valence-electron chi connectivity index (χ0n) is 11.6. The number of para-hydroxylation sites is 1. The Morgan fingerprint density at radius 2 is 1.95 bits per heavy atom. The predicted molar refractivity (Wildman–Crippen MR) is 72.4 cm³/mol. The maximum atomic E-state index is 12.4. The summed E-state index contributed by atoms with van der Waals surface area (Å²) in [6, 6.07) is 7.00. The number of hydrogen-bond acceptors (Lipinski definition) is 3. The van der Waals surface area contributed by atoms with Gasteiger partial charge in [0.2, 0.25) is 0 Å². The van der Waals surface area contributed by atoms with E-state index in [1.165, 1.54) is 0 Å². The Balaban J connectivity index is 3.03. The highest BCUT2D eigenvalue weighted by Gasteiger charge is 2.23. The zero-order chi connectivity index (χ0) is 14.4. The van der Waals surface area contributed by atoms with Gasteiger partial charge in [0, 0.05) is 18.2 Å². The molecule has 0 amide bonds. The number of benzene rings is 1. The van der Waals surface area contributed by atoms with Crippen molar-refractivity contribution >= 4 is 0 Å². The molecule has 0 saturated carbocycles. The number of hydrogen-bond donors (Lipinski definition) is 1. The van der Waals surface area contributed by atoms with Crippen molar-refractivity contribution in [2.24, 2.45) is 5.73 Å². The van der Waals surface area contributed by atoms with Gasteiger partial charge < -0.3 is 10.5 Å². The average molecular weight is 272 g/mol. The number of halogens is 2. The smallest absolute Gasteiger partial charge is 0.387 e. The highest BCUT2D eigenvalue weighted by Crippen LogP contribution is 2.30. The standard InChI is InChI=1S/C14H22F2N2O/c1-4-10(2)18(3)12(9-17)11-7-5-6-8-13(11)19-14(15)16/h5-8,10,12,14H,4,9,17H2,1-3H3. The molecular weight excluding hydrogens is 250 g/mol. The van der Waals surface area contributed by atoms with Crippen LogP contribution in [0.4, 0.5) is 8.78 Å². The van der Waals surface area contributed by atoms with Gasteiger partial charge in [-0.25, -0.2) is 0 Å². The van der Waals surface area contributed by atoms with Gasteiger partial charge in [-0.15, -0.1) is 0 Å². The molecule has 5 heteroatoms. The SMILES string of the molecule is CCC(C)N(C)C(CN)c1ccccc1OC(F)F. The summed E-state index contributed by atoms with van der Waals surface area (Å²) in [5.74, 6) is 0.197. The fourth-order valence-corrected chi connectivity index (χ4v) is 2.07. The first-order valence-electron chi connectivity index (χ1n) is 6.47. The topological polar surface area (TPSA) is 38.5 Å². The molecular formula is C14H22F2N2O. The van der Waals surface area contributed by atoms with E-state index in [1.54, 1.807) is 24.3 Å². The molecule has 0 aliphatic rings. The first-order valence-corrected chi connectivity index (χ1v) is 6.47. The normalized spacial score (nSPS) is 14.7. The highest BCUT2D eigenvalue weighted by molar-refractivity contribution is 5.36. The summed E-state index contributed by atoms with van der Waals surface area (Å²) in [5, 5.41) is 0. The highest BCUT2D eigenvalue weighted by atomic mass is 19.3. The minimum absolute atomic E-state index is 0.134. The summed E-state index contributed by atoms with van der Waals surface area (Å²) in [6.45, 7) is 1.69. The number of rotatable bonds is 7. The molecule has 108 valence electrons. The predicted octanol–water partition coefficient (Wildman–Crippen LogP) is 3.02. The van der Waals surface area contributed by atoms with Gasteiger partial charge in [0.05, 0.1) is 6.04 Å². The third-order valence-corrected chi connectivity index (χ3v) is 3.50. The third kappa shape index (κ3) is 4.14. The first kappa shape index (κ1) is 15.9. The number of nitrogens with zero attached hydrogens (tertiary/aromatic N) is 1. The second kappa shape index (κ2) is 7.40. The molecule has 0 aliphatic carbocycles. The van der Waals surface area contributed by atoms with Crippen molar-refractivity contribution in [2.75, 3.05) is 13.6 Å². The van der Waals surface area contributed by atoms with Crippen LogP contribution in [0.5, 0.6) is 5.75 Å². The van der Waals surface area contributed by atoms with Crippen LogP contribution in [0.1, 0.15) is 31.9 Å². The summed E-state index contributed by atoms with van der Waals surface area (Å²) in [6.07, 6.45) is 0.963. The summed E-state index contributed by atoms with van der Waals surface area (Å²) < 4.78 is 29.4. The Morgan fingerprint density at radius 3 is 2.47 bits per heavy atom. The van der Waals surface area contributed by atoms with Crippen LogP contribution in [0.15, 0.2) is 24.3 Å². The fraction of sp³-hybridized carbons (Fsp3) is 0.571. The molecule has 3 nitrogen and oxygen atoms in total. The molecule has 0 bridgehead atoms. The first-order chi connectivity index (χ1) is 9.01. The number of likely N-dealkylation sites (N-methyl/N-ethyl adjacent to an activating group) is 1. The lowest BCUT2D eigenvalue weighted by molar-refractivity contribution is -0.0512. The summed E-state index contributed by atoms with van der Waals surface area (Å²) in [4.78, 5) is 2.09. The van der Waals surface area contributed by atoms with Crippen molar-refractivity contribution < 1.29 is 13.5 Å². The van der Waals surface area contributed by atoms with Crippen molar-refractivity contribution in [3.8, 4) is 5.75 Å². The van der Waals surface area contributed by atoms with E-state index in [0.717, 1.165) is 6.42 Å². The lowest BCUT2D eigenvalue weighted by Gasteiger charge is -2.33. The molecule has 1 rings (SSSR count). The maximum absolute atomic E-state index is 12.4. The van der Waals surface area contributed by atoms with Gasteiger partial charge in [0.25, 0.3) is 0 Å². The van der Waals surface area contributed by atoms with Crippen LogP contribution >= 0.6 is 0 Å². The second-order valence-corrected chi connectivity index (χ2v) is 4.59. The fourth-order valence-electron chi connectivity index (χ4n) is 2.07. The van der Waals surface area contributed by atoms with Crippen molar-refractivity contribution in [1.29, 1.82) is 0 Å². The van der Waals surface area contributed by atoms with E-state index < -0.39 is 6.61 Å². The minimum atomic E-state index is -2.83. The van der Waals surface area contributed by atoms with Crippen molar-refractivity contribution in [1.82, 2.24) is 4.90 Å². The van der Waals surface area contributed by atoms with Crippen LogP contribution in [-0.2, 0) is 0 Å². The monoisotopic (exact) mass is 272 g/mol. The Labute approximate surface area is 113 Å². The molecule has 2 N–H and O–H groups in total. The van der Waals surface area contributed by atoms with Crippen molar-refractivity contribution in [2.45, 2.75) is 39.0 Å². The van der Waals surface area contributed by atoms with E-state index in [1.807, 2.05) is 7.05 Å². The summed E-state index contributed by atoms with van der Waals surface area (Å²) >= 11 is 0. The maximum Gasteiger partial charge on any atom is 0.387 e. The molecule has 0 aliphatic heterocycles. The van der Waals surface area contributed by atoms with Crippen LogP contribution in [0, 0.1) is 0 Å². The number of alkyl halides is 2. The average Bonchev–Trinajstić information content (AvgIpc) is 2.39. The molecule has 0 heterocycles. The Hall–Kier alpha value is -1.20. The quantitative estimate of drug-likeness (QED) is 0.829. The molecule has 0 aromatic heterocycles. The second-order valence-electron chi connectivity index (χ2n) is 4.59. The molecule has 0 saturated heterocycles. The number of ether oxygens (including phenoxy) is 1. The molecule has 2 unspecified atom stereocenters. The van der Waals surface area contributed by atoms with Crippen molar-refractivity contribution in [3.05, 3.63) is 29.8 Å². The largest absolute Gasteiger partial charge is 0.434 e. The Bertz CT molecular complexity index is 387. The van der Waals surface area contributed by atoms with Crippen LogP contribution < -0.4 is 10.5 Å². The van der Waals surface area contributed by atoms with E-state index in [-0.39, 0.29) is 11.8 Å². The third-order valence-electron chi connectivity index (χ3n) is 3.50. The molecule has 1 aromatic carbocycles. The van der Waals surface area contributed by atoms with E-state index in [9.17, 15) is 8.78 Å². The number of nitrogens with two attached hydrogens (primary N) is 1. The lowest BCUT2D eigenvalue weighted by Crippen LogP contribution is -2.37. The molecule has 19 heavy (non-hydrogen) atoms. The van der Waals surface area contributed by atoms with Crippen LogP contribution in [-0.4, -0.2) is 31.1 Å².